The summed E-state index contributed by atoms with van der Waals surface area (Å²) in [6.45, 7) is 8.38. The van der Waals surface area contributed by atoms with Crippen LogP contribution in [0.25, 0.3) is 0 Å². The van der Waals surface area contributed by atoms with Crippen molar-refractivity contribution >= 4 is 0 Å². The first-order valence-electron chi connectivity index (χ1n) is 2.80. The van der Waals surface area contributed by atoms with E-state index in [-0.39, 0.29) is 0 Å². The minimum atomic E-state index is 0.707. The molecule has 8 heavy (non-hydrogen) atoms. The zero-order chi connectivity index (χ0) is 6.41. The molecule has 0 bridgehead atoms. The summed E-state index contributed by atoms with van der Waals surface area (Å²) in [6, 6.07) is 0. The van der Waals surface area contributed by atoms with Gasteiger partial charge in [0.2, 0.25) is 0 Å². The van der Waals surface area contributed by atoms with Gasteiger partial charge in [-0.15, -0.1) is 0 Å². The molecule has 0 spiro atoms. The predicted molar refractivity (Wildman–Crippen MR) is 35.4 cm³/mol. The van der Waals surface area contributed by atoms with E-state index in [4.69, 9.17) is 4.74 Å². The molecule has 0 aliphatic carbocycles. The van der Waals surface area contributed by atoms with Gasteiger partial charge in [-0.05, 0) is 20.8 Å². The van der Waals surface area contributed by atoms with Crippen LogP contribution in [0.5, 0.6) is 0 Å². The van der Waals surface area contributed by atoms with Crippen LogP contribution in [0.15, 0.2) is 11.6 Å². The Morgan fingerprint density at radius 2 is 2.12 bits per heavy atom. The number of allylic oxidation sites excluding steroid dienone is 1. The van der Waals surface area contributed by atoms with Crippen molar-refractivity contribution in [1.82, 2.24) is 0 Å². The fourth-order valence-corrected chi connectivity index (χ4v) is 0.311. The van der Waals surface area contributed by atoms with Crippen LogP contribution in [0.4, 0.5) is 0 Å². The topological polar surface area (TPSA) is 9.23 Å². The van der Waals surface area contributed by atoms with Crippen molar-refractivity contribution < 1.29 is 4.74 Å². The molecule has 0 aromatic carbocycles. The van der Waals surface area contributed by atoms with Gasteiger partial charge in [0.05, 0.1) is 13.2 Å². The minimum absolute atomic E-state index is 0.707. The molecule has 1 radical (unpaired) electrons. The highest BCUT2D eigenvalue weighted by Crippen LogP contribution is 1.88. The highest BCUT2D eigenvalue weighted by molar-refractivity contribution is 4.92. The molecule has 0 aliphatic rings. The maximum absolute atomic E-state index is 4.94. The predicted octanol–water partition coefficient (Wildman–Crippen LogP) is 2.15. The lowest BCUT2D eigenvalue weighted by atomic mass is 10.3. The second-order valence-corrected chi connectivity index (χ2v) is 1.85. The third-order valence-electron chi connectivity index (χ3n) is 0.754. The summed E-state index contributed by atoms with van der Waals surface area (Å²) in [7, 11) is 0. The lowest BCUT2D eigenvalue weighted by molar-refractivity contribution is 0.239. The SMILES string of the molecule is C[CH]OCC=C(C)C. The van der Waals surface area contributed by atoms with E-state index in [1.165, 1.54) is 5.57 Å². The normalized spacial score (nSPS) is 8.88. The molecule has 0 heterocycles. The summed E-state index contributed by atoms with van der Waals surface area (Å²) in [4.78, 5) is 0. The number of rotatable bonds is 3. The molecule has 0 aliphatic heterocycles. The molecule has 0 fully saturated rings. The molecular formula is C7H13O. The first kappa shape index (κ1) is 7.70. The van der Waals surface area contributed by atoms with E-state index in [2.05, 4.69) is 13.8 Å². The Kier molecular flexibility index (Phi) is 4.67. The van der Waals surface area contributed by atoms with Crippen LogP contribution in [0, 0.1) is 6.61 Å². The molecule has 1 nitrogen and oxygen atoms in total. The van der Waals surface area contributed by atoms with Crippen LogP contribution < -0.4 is 0 Å². The minimum Gasteiger partial charge on any atom is -0.372 e. The van der Waals surface area contributed by atoms with E-state index in [9.17, 15) is 0 Å². The average Bonchev–Trinajstić information content (AvgIpc) is 1.66. The number of hydrogen-bond acceptors (Lipinski definition) is 1. The number of hydrogen-bond donors (Lipinski definition) is 0. The van der Waals surface area contributed by atoms with E-state index in [1.807, 2.05) is 13.0 Å². The van der Waals surface area contributed by atoms with Gasteiger partial charge in [0, 0.05) is 0 Å². The van der Waals surface area contributed by atoms with Crippen LogP contribution >= 0.6 is 0 Å². The molecule has 0 atom stereocenters. The average molecular weight is 113 g/mol. The quantitative estimate of drug-likeness (QED) is 0.402. The van der Waals surface area contributed by atoms with Gasteiger partial charge in [-0.25, -0.2) is 0 Å². The smallest absolute Gasteiger partial charge is 0.0810 e. The summed E-state index contributed by atoms with van der Waals surface area (Å²) in [5, 5.41) is 0. The standard InChI is InChI=1S/C7H13O/c1-4-8-6-5-7(2)3/h4-5H,6H2,1-3H3. The van der Waals surface area contributed by atoms with Crippen molar-refractivity contribution in [3.05, 3.63) is 18.3 Å². The summed E-state index contributed by atoms with van der Waals surface area (Å²) in [6.07, 6.45) is 2.04. The van der Waals surface area contributed by atoms with Crippen LogP contribution in [-0.2, 0) is 4.74 Å². The molecule has 47 valence electrons. The maximum Gasteiger partial charge on any atom is 0.0810 e. The van der Waals surface area contributed by atoms with Crippen LogP contribution in [0.2, 0.25) is 0 Å². The molecule has 0 saturated heterocycles. The van der Waals surface area contributed by atoms with Gasteiger partial charge in [0.25, 0.3) is 0 Å². The fraction of sp³-hybridized carbons (Fsp3) is 0.571. The number of ether oxygens (including phenoxy) is 1. The highest BCUT2D eigenvalue weighted by Gasteiger charge is 1.76. The fourth-order valence-electron chi connectivity index (χ4n) is 0.311. The lowest BCUT2D eigenvalue weighted by Gasteiger charge is -1.92. The van der Waals surface area contributed by atoms with E-state index < -0.39 is 0 Å². The van der Waals surface area contributed by atoms with Crippen molar-refractivity contribution in [2.45, 2.75) is 20.8 Å². The Hall–Kier alpha value is -0.300. The molecule has 0 aromatic rings. The van der Waals surface area contributed by atoms with Crippen molar-refractivity contribution in [2.24, 2.45) is 0 Å². The highest BCUT2D eigenvalue weighted by atomic mass is 16.5. The monoisotopic (exact) mass is 113 g/mol. The van der Waals surface area contributed by atoms with E-state index in [0.717, 1.165) is 0 Å². The Bertz CT molecular complexity index is 70.5. The van der Waals surface area contributed by atoms with Gasteiger partial charge >= 0.3 is 0 Å². The van der Waals surface area contributed by atoms with Crippen LogP contribution in [-0.4, -0.2) is 6.61 Å². The van der Waals surface area contributed by atoms with Crippen molar-refractivity contribution in [2.75, 3.05) is 6.61 Å². The van der Waals surface area contributed by atoms with E-state index >= 15 is 0 Å². The Morgan fingerprint density at radius 3 is 2.50 bits per heavy atom. The largest absolute Gasteiger partial charge is 0.372 e. The molecular weight excluding hydrogens is 100 g/mol. The van der Waals surface area contributed by atoms with Gasteiger partial charge in [-0.1, -0.05) is 11.6 Å². The second-order valence-electron chi connectivity index (χ2n) is 1.85. The molecule has 0 rings (SSSR count). The summed E-state index contributed by atoms with van der Waals surface area (Å²) in [5.41, 5.74) is 1.30. The summed E-state index contributed by atoms with van der Waals surface area (Å²) < 4.78 is 4.94. The molecule has 0 saturated carbocycles. The van der Waals surface area contributed by atoms with Gasteiger partial charge in [-0.2, -0.15) is 0 Å². The summed E-state index contributed by atoms with van der Waals surface area (Å²) in [5.74, 6) is 0. The molecule has 0 unspecified atom stereocenters. The zero-order valence-corrected chi connectivity index (χ0v) is 5.77. The Balaban J connectivity index is 3.03. The lowest BCUT2D eigenvalue weighted by Crippen LogP contribution is -1.83. The second kappa shape index (κ2) is 4.85. The first-order chi connectivity index (χ1) is 3.77. The van der Waals surface area contributed by atoms with Gasteiger partial charge in [-0.3, -0.25) is 0 Å². The van der Waals surface area contributed by atoms with Crippen molar-refractivity contribution in [1.29, 1.82) is 0 Å². The summed E-state index contributed by atoms with van der Waals surface area (Å²) >= 11 is 0. The molecule has 0 N–H and O–H groups in total. The third-order valence-corrected chi connectivity index (χ3v) is 0.754. The maximum atomic E-state index is 4.94. The van der Waals surface area contributed by atoms with Gasteiger partial charge in [0.15, 0.2) is 0 Å². The molecule has 0 aromatic heterocycles. The molecule has 1 heteroatoms. The van der Waals surface area contributed by atoms with E-state index in [0.29, 0.717) is 6.61 Å². The van der Waals surface area contributed by atoms with Gasteiger partial charge in [0.1, 0.15) is 0 Å². The van der Waals surface area contributed by atoms with Gasteiger partial charge < -0.3 is 4.74 Å². The van der Waals surface area contributed by atoms with E-state index in [1.54, 1.807) is 6.61 Å². The van der Waals surface area contributed by atoms with Crippen LogP contribution in [0.3, 0.4) is 0 Å². The third kappa shape index (κ3) is 5.70. The van der Waals surface area contributed by atoms with Crippen molar-refractivity contribution in [3.63, 3.8) is 0 Å². The zero-order valence-electron chi connectivity index (χ0n) is 5.77. The molecule has 0 amide bonds. The van der Waals surface area contributed by atoms with Crippen molar-refractivity contribution in [3.8, 4) is 0 Å². The first-order valence-corrected chi connectivity index (χ1v) is 2.80. The van der Waals surface area contributed by atoms with Crippen LogP contribution in [0.1, 0.15) is 20.8 Å². The Morgan fingerprint density at radius 1 is 1.50 bits per heavy atom. The Labute approximate surface area is 51.4 Å².